The van der Waals surface area contributed by atoms with Gasteiger partial charge in [0, 0.05) is 24.9 Å². The van der Waals surface area contributed by atoms with E-state index in [0.717, 1.165) is 5.69 Å². The van der Waals surface area contributed by atoms with Crippen LogP contribution in [-0.2, 0) is 4.79 Å². The summed E-state index contributed by atoms with van der Waals surface area (Å²) in [6.45, 7) is 2.02. The second-order valence-corrected chi connectivity index (χ2v) is 6.78. The topological polar surface area (TPSA) is 88.9 Å². The molecule has 0 radical (unpaired) electrons. The number of hydrogen-bond donors (Lipinski definition) is 2. The second-order valence-electron chi connectivity index (χ2n) is 5.96. The van der Waals surface area contributed by atoms with Crippen LogP contribution in [0.3, 0.4) is 0 Å². The number of rotatable bonds is 6. The summed E-state index contributed by atoms with van der Waals surface area (Å²) in [5.41, 5.74) is 1.72. The number of amides is 2. The molecule has 0 atom stereocenters. The molecule has 9 heteroatoms. The first-order valence-corrected chi connectivity index (χ1v) is 9.21. The lowest BCUT2D eigenvalue weighted by Gasteiger charge is -2.06. The molecule has 2 heterocycles. The van der Waals surface area contributed by atoms with Gasteiger partial charge in [0.15, 0.2) is 5.69 Å². The predicted molar refractivity (Wildman–Crippen MR) is 108 cm³/mol. The average Bonchev–Trinajstić information content (AvgIpc) is 3.14. The van der Waals surface area contributed by atoms with Crippen LogP contribution in [0.15, 0.2) is 48.7 Å². The fraction of sp³-hybridized carbons (Fsp3) is 0.158. The quantitative estimate of drug-likeness (QED) is 0.640. The first-order valence-electron chi connectivity index (χ1n) is 8.45. The molecule has 0 bridgehead atoms. The van der Waals surface area contributed by atoms with E-state index < -0.39 is 0 Å². The van der Waals surface area contributed by atoms with E-state index in [2.05, 4.69) is 20.7 Å². The molecule has 28 heavy (non-hydrogen) atoms. The monoisotopic (exact) mass is 417 g/mol. The molecule has 3 aromatic rings. The standard InChI is InChI=1S/C19H17Cl2N5O2/c1-12-3-2-4-17(23-12)24-18(27)7-9-22-19(28)16-8-10-26(25-16)13-5-6-14(20)15(21)11-13/h2-6,8,10-11H,7,9H2,1H3,(H,22,28)(H,23,24,27). The molecule has 2 N–H and O–H groups in total. The molecule has 7 nitrogen and oxygen atoms in total. The minimum absolute atomic E-state index is 0.120. The van der Waals surface area contributed by atoms with Crippen molar-refractivity contribution in [3.05, 3.63) is 70.1 Å². The summed E-state index contributed by atoms with van der Waals surface area (Å²) in [5, 5.41) is 10.4. The molecule has 2 aromatic heterocycles. The number of carbonyl (C=O) groups is 2. The Morgan fingerprint density at radius 3 is 2.68 bits per heavy atom. The van der Waals surface area contributed by atoms with E-state index in [-0.39, 0.29) is 30.5 Å². The van der Waals surface area contributed by atoms with Crippen molar-refractivity contribution < 1.29 is 9.59 Å². The summed E-state index contributed by atoms with van der Waals surface area (Å²) in [6.07, 6.45) is 1.76. The fourth-order valence-electron chi connectivity index (χ4n) is 2.41. The molecule has 0 aliphatic carbocycles. The second kappa shape index (κ2) is 8.86. The van der Waals surface area contributed by atoms with Gasteiger partial charge in [0.25, 0.3) is 5.91 Å². The van der Waals surface area contributed by atoms with Crippen molar-refractivity contribution in [2.75, 3.05) is 11.9 Å². The maximum absolute atomic E-state index is 12.2. The van der Waals surface area contributed by atoms with Crippen LogP contribution in [-0.4, -0.2) is 33.1 Å². The molecule has 0 aliphatic heterocycles. The van der Waals surface area contributed by atoms with Crippen LogP contribution in [0.25, 0.3) is 5.69 Å². The molecular formula is C19H17Cl2N5O2. The summed E-state index contributed by atoms with van der Waals surface area (Å²) in [6, 6.07) is 12.0. The van der Waals surface area contributed by atoms with Crippen molar-refractivity contribution in [2.24, 2.45) is 0 Å². The number of aromatic nitrogens is 3. The minimum atomic E-state index is -0.375. The molecule has 0 fully saturated rings. The third-order valence-corrected chi connectivity index (χ3v) is 4.52. The lowest BCUT2D eigenvalue weighted by atomic mass is 10.3. The van der Waals surface area contributed by atoms with Gasteiger partial charge < -0.3 is 10.6 Å². The predicted octanol–water partition coefficient (Wildman–Crippen LogP) is 3.64. The number of anilines is 1. The van der Waals surface area contributed by atoms with E-state index in [1.54, 1.807) is 36.5 Å². The summed E-state index contributed by atoms with van der Waals surface area (Å²) in [4.78, 5) is 28.4. The molecule has 0 saturated carbocycles. The number of halogens is 2. The van der Waals surface area contributed by atoms with E-state index >= 15 is 0 Å². The number of nitrogens with zero attached hydrogens (tertiary/aromatic N) is 3. The molecule has 0 saturated heterocycles. The van der Waals surface area contributed by atoms with Crippen molar-refractivity contribution in [1.29, 1.82) is 0 Å². The van der Waals surface area contributed by atoms with E-state index in [1.165, 1.54) is 4.68 Å². The van der Waals surface area contributed by atoms with Gasteiger partial charge in [0.1, 0.15) is 5.82 Å². The van der Waals surface area contributed by atoms with E-state index in [9.17, 15) is 9.59 Å². The Morgan fingerprint density at radius 2 is 1.93 bits per heavy atom. The molecule has 3 rings (SSSR count). The van der Waals surface area contributed by atoms with Crippen molar-refractivity contribution in [1.82, 2.24) is 20.1 Å². The van der Waals surface area contributed by atoms with Crippen LogP contribution in [0.5, 0.6) is 0 Å². The Kier molecular flexibility index (Phi) is 6.28. The molecular weight excluding hydrogens is 401 g/mol. The van der Waals surface area contributed by atoms with Gasteiger partial charge in [-0.1, -0.05) is 29.3 Å². The first kappa shape index (κ1) is 19.9. The first-order chi connectivity index (χ1) is 13.4. The summed E-state index contributed by atoms with van der Waals surface area (Å²) >= 11 is 11.9. The third-order valence-electron chi connectivity index (χ3n) is 3.78. The normalized spacial score (nSPS) is 10.5. The van der Waals surface area contributed by atoms with Crippen molar-refractivity contribution >= 4 is 40.8 Å². The Bertz CT molecular complexity index is 1020. The highest BCUT2D eigenvalue weighted by molar-refractivity contribution is 6.42. The number of carbonyl (C=O) groups excluding carboxylic acids is 2. The maximum atomic E-state index is 12.2. The maximum Gasteiger partial charge on any atom is 0.271 e. The van der Waals surface area contributed by atoms with Crippen molar-refractivity contribution in [3.63, 3.8) is 0 Å². The molecule has 0 aliphatic rings. The van der Waals surface area contributed by atoms with Gasteiger partial charge in [-0.05, 0) is 43.3 Å². The zero-order chi connectivity index (χ0) is 20.1. The van der Waals surface area contributed by atoms with Gasteiger partial charge in [-0.15, -0.1) is 0 Å². The van der Waals surface area contributed by atoms with Gasteiger partial charge in [0.05, 0.1) is 15.7 Å². The Morgan fingerprint density at radius 1 is 1.11 bits per heavy atom. The van der Waals surface area contributed by atoms with Crippen LogP contribution in [0.1, 0.15) is 22.6 Å². The lowest BCUT2D eigenvalue weighted by Crippen LogP contribution is -2.28. The van der Waals surface area contributed by atoms with Gasteiger partial charge >= 0.3 is 0 Å². The molecule has 1 aromatic carbocycles. The average molecular weight is 418 g/mol. The van der Waals surface area contributed by atoms with Crippen LogP contribution in [0, 0.1) is 6.92 Å². The third kappa shape index (κ3) is 5.09. The van der Waals surface area contributed by atoms with Crippen LogP contribution >= 0.6 is 23.2 Å². The Hall–Kier alpha value is -2.90. The SMILES string of the molecule is Cc1cccc(NC(=O)CCNC(=O)c2ccn(-c3ccc(Cl)c(Cl)c3)n2)n1. The van der Waals surface area contributed by atoms with Crippen LogP contribution in [0.4, 0.5) is 5.82 Å². The van der Waals surface area contributed by atoms with Gasteiger partial charge in [-0.3, -0.25) is 9.59 Å². The molecule has 0 unspecified atom stereocenters. The van der Waals surface area contributed by atoms with Crippen LogP contribution < -0.4 is 10.6 Å². The zero-order valence-corrected chi connectivity index (χ0v) is 16.5. The number of hydrogen-bond acceptors (Lipinski definition) is 4. The lowest BCUT2D eigenvalue weighted by molar-refractivity contribution is -0.116. The highest BCUT2D eigenvalue weighted by Crippen LogP contribution is 2.24. The number of pyridine rings is 1. The number of aryl methyl sites for hydroxylation is 1. The van der Waals surface area contributed by atoms with Crippen molar-refractivity contribution in [3.8, 4) is 5.69 Å². The summed E-state index contributed by atoms with van der Waals surface area (Å²) < 4.78 is 1.52. The fourth-order valence-corrected chi connectivity index (χ4v) is 2.71. The van der Waals surface area contributed by atoms with E-state index in [0.29, 0.717) is 21.6 Å². The van der Waals surface area contributed by atoms with Gasteiger partial charge in [-0.2, -0.15) is 5.10 Å². The Balaban J connectivity index is 1.52. The highest BCUT2D eigenvalue weighted by atomic mass is 35.5. The Labute approximate surface area is 171 Å². The summed E-state index contributed by atoms with van der Waals surface area (Å²) in [5.74, 6) is -0.128. The van der Waals surface area contributed by atoms with E-state index in [4.69, 9.17) is 23.2 Å². The van der Waals surface area contributed by atoms with Crippen LogP contribution in [0.2, 0.25) is 10.0 Å². The smallest absolute Gasteiger partial charge is 0.271 e. The number of nitrogens with one attached hydrogen (secondary N) is 2. The zero-order valence-electron chi connectivity index (χ0n) is 14.9. The largest absolute Gasteiger partial charge is 0.350 e. The van der Waals surface area contributed by atoms with Gasteiger partial charge in [-0.25, -0.2) is 9.67 Å². The molecule has 0 spiro atoms. The van der Waals surface area contributed by atoms with Gasteiger partial charge in [0.2, 0.25) is 5.91 Å². The molecule has 144 valence electrons. The van der Waals surface area contributed by atoms with E-state index in [1.807, 2.05) is 19.1 Å². The van der Waals surface area contributed by atoms with Crippen molar-refractivity contribution in [2.45, 2.75) is 13.3 Å². The summed E-state index contributed by atoms with van der Waals surface area (Å²) in [7, 11) is 0. The number of benzene rings is 1. The highest BCUT2D eigenvalue weighted by Gasteiger charge is 2.11. The molecule has 2 amide bonds. The minimum Gasteiger partial charge on any atom is -0.350 e.